The maximum atomic E-state index is 6.01. The van der Waals surface area contributed by atoms with Crippen LogP contribution in [-0.4, -0.2) is 48.7 Å². The summed E-state index contributed by atoms with van der Waals surface area (Å²) in [4.78, 5) is 6.57. The van der Waals surface area contributed by atoms with E-state index < -0.39 is 0 Å². The highest BCUT2D eigenvalue weighted by Crippen LogP contribution is 2.28. The Morgan fingerprint density at radius 3 is 2.95 bits per heavy atom. The Balaban J connectivity index is 0.00000147. The molecule has 3 rings (SSSR count). The molecular formula is C15H24ClN3O. The second kappa shape index (κ2) is 6.74. The number of rotatable bonds is 4. The van der Waals surface area contributed by atoms with Crippen molar-refractivity contribution in [2.75, 3.05) is 32.7 Å². The van der Waals surface area contributed by atoms with Gasteiger partial charge in [-0.2, -0.15) is 0 Å². The first-order valence-corrected chi connectivity index (χ1v) is 7.23. The lowest BCUT2D eigenvalue weighted by Crippen LogP contribution is -2.37. The molecule has 2 aliphatic rings. The molecule has 0 amide bonds. The van der Waals surface area contributed by atoms with Gasteiger partial charge in [0.1, 0.15) is 11.9 Å². The van der Waals surface area contributed by atoms with Gasteiger partial charge >= 0.3 is 0 Å². The molecule has 0 bridgehead atoms. The fourth-order valence-electron chi connectivity index (χ4n) is 3.19. The fraction of sp³-hybridized carbons (Fsp3) is 0.667. The summed E-state index contributed by atoms with van der Waals surface area (Å²) in [5.41, 5.74) is 0.450. The zero-order valence-corrected chi connectivity index (χ0v) is 12.9. The van der Waals surface area contributed by atoms with Gasteiger partial charge < -0.3 is 10.1 Å². The van der Waals surface area contributed by atoms with Crippen LogP contribution in [-0.2, 0) is 0 Å². The molecule has 2 atom stereocenters. The number of halogens is 1. The number of likely N-dealkylation sites (tertiary alicyclic amines) is 1. The Labute approximate surface area is 127 Å². The molecule has 0 spiro atoms. The largest absolute Gasteiger partial charge is 0.489 e. The van der Waals surface area contributed by atoms with Crippen molar-refractivity contribution in [1.82, 2.24) is 15.2 Å². The number of ether oxygens (including phenoxy) is 1. The van der Waals surface area contributed by atoms with Crippen molar-refractivity contribution < 1.29 is 4.74 Å². The van der Waals surface area contributed by atoms with Crippen LogP contribution in [0.4, 0.5) is 0 Å². The molecule has 3 heterocycles. The van der Waals surface area contributed by atoms with Gasteiger partial charge in [-0.25, -0.2) is 0 Å². The third-order valence-corrected chi connectivity index (χ3v) is 4.24. The summed E-state index contributed by atoms with van der Waals surface area (Å²) in [7, 11) is 0. The Morgan fingerprint density at radius 1 is 1.45 bits per heavy atom. The van der Waals surface area contributed by atoms with Crippen LogP contribution in [0.2, 0.25) is 0 Å². The summed E-state index contributed by atoms with van der Waals surface area (Å²) in [5.74, 6) is 0.940. The van der Waals surface area contributed by atoms with E-state index in [1.165, 1.54) is 19.5 Å². The first-order valence-electron chi connectivity index (χ1n) is 7.23. The minimum atomic E-state index is 0. The lowest BCUT2D eigenvalue weighted by atomic mass is 9.89. The summed E-state index contributed by atoms with van der Waals surface area (Å²) in [6.07, 6.45) is 6.33. The summed E-state index contributed by atoms with van der Waals surface area (Å²) in [6, 6.07) is 3.87. The second-order valence-electron chi connectivity index (χ2n) is 6.18. The Kier molecular flexibility index (Phi) is 5.24. The van der Waals surface area contributed by atoms with Crippen LogP contribution in [0.3, 0.4) is 0 Å². The highest BCUT2D eigenvalue weighted by molar-refractivity contribution is 5.85. The predicted octanol–water partition coefficient (Wildman–Crippen LogP) is 1.96. The number of hydrogen-bond acceptors (Lipinski definition) is 4. The van der Waals surface area contributed by atoms with Crippen molar-refractivity contribution in [3.63, 3.8) is 0 Å². The molecule has 0 aromatic carbocycles. The second-order valence-corrected chi connectivity index (χ2v) is 6.18. The van der Waals surface area contributed by atoms with E-state index in [1.807, 2.05) is 12.1 Å². The number of aromatic nitrogens is 1. The van der Waals surface area contributed by atoms with Gasteiger partial charge in [-0.05, 0) is 36.9 Å². The van der Waals surface area contributed by atoms with Gasteiger partial charge in [-0.3, -0.25) is 9.88 Å². The molecule has 2 unspecified atom stereocenters. The first kappa shape index (κ1) is 15.5. The SMILES string of the molecule is CC1(CN2CCC(Oc3ccncc3)C2)CCNC1.Cl. The molecule has 0 aliphatic carbocycles. The fourth-order valence-corrected chi connectivity index (χ4v) is 3.19. The van der Waals surface area contributed by atoms with Crippen LogP contribution >= 0.6 is 12.4 Å². The number of hydrogen-bond donors (Lipinski definition) is 1. The van der Waals surface area contributed by atoms with Gasteiger partial charge in [0.25, 0.3) is 0 Å². The topological polar surface area (TPSA) is 37.4 Å². The Hall–Kier alpha value is -0.840. The van der Waals surface area contributed by atoms with E-state index in [-0.39, 0.29) is 12.4 Å². The van der Waals surface area contributed by atoms with Crippen molar-refractivity contribution in [1.29, 1.82) is 0 Å². The molecule has 4 nitrogen and oxygen atoms in total. The Morgan fingerprint density at radius 2 is 2.25 bits per heavy atom. The van der Waals surface area contributed by atoms with E-state index in [9.17, 15) is 0 Å². The molecular weight excluding hydrogens is 274 g/mol. The van der Waals surface area contributed by atoms with Crippen LogP contribution in [0.5, 0.6) is 5.75 Å². The van der Waals surface area contributed by atoms with Gasteiger partial charge in [0, 0.05) is 38.6 Å². The van der Waals surface area contributed by atoms with Crippen LogP contribution in [0.1, 0.15) is 19.8 Å². The lowest BCUT2D eigenvalue weighted by Gasteiger charge is -2.28. The predicted molar refractivity (Wildman–Crippen MR) is 82.6 cm³/mol. The number of nitrogens with one attached hydrogen (secondary N) is 1. The first-order chi connectivity index (χ1) is 9.23. The average Bonchev–Trinajstić information content (AvgIpc) is 3.01. The van der Waals surface area contributed by atoms with Gasteiger partial charge in [-0.1, -0.05) is 6.92 Å². The summed E-state index contributed by atoms with van der Waals surface area (Å²) in [5, 5.41) is 3.47. The average molecular weight is 298 g/mol. The maximum absolute atomic E-state index is 6.01. The van der Waals surface area contributed by atoms with Gasteiger partial charge in [0.15, 0.2) is 0 Å². The molecule has 20 heavy (non-hydrogen) atoms. The van der Waals surface area contributed by atoms with E-state index in [0.29, 0.717) is 11.5 Å². The summed E-state index contributed by atoms with van der Waals surface area (Å²) in [6.45, 7) is 8.12. The zero-order valence-electron chi connectivity index (χ0n) is 12.0. The van der Waals surface area contributed by atoms with Crippen molar-refractivity contribution in [2.24, 2.45) is 5.41 Å². The van der Waals surface area contributed by atoms with Gasteiger partial charge in [-0.15, -0.1) is 12.4 Å². The minimum Gasteiger partial charge on any atom is -0.489 e. The van der Waals surface area contributed by atoms with E-state index >= 15 is 0 Å². The molecule has 2 fully saturated rings. The highest BCUT2D eigenvalue weighted by atomic mass is 35.5. The molecule has 1 aromatic heterocycles. The normalized spacial score (nSPS) is 30.1. The molecule has 112 valence electrons. The van der Waals surface area contributed by atoms with Gasteiger partial charge in [0.2, 0.25) is 0 Å². The molecule has 0 radical (unpaired) electrons. The van der Waals surface area contributed by atoms with Crippen LogP contribution in [0.15, 0.2) is 24.5 Å². The van der Waals surface area contributed by atoms with E-state index in [0.717, 1.165) is 31.8 Å². The third-order valence-electron chi connectivity index (χ3n) is 4.24. The maximum Gasteiger partial charge on any atom is 0.122 e. The van der Waals surface area contributed by atoms with Crippen LogP contribution in [0.25, 0.3) is 0 Å². The van der Waals surface area contributed by atoms with E-state index in [4.69, 9.17) is 4.74 Å². The monoisotopic (exact) mass is 297 g/mol. The Bertz CT molecular complexity index is 409. The lowest BCUT2D eigenvalue weighted by molar-refractivity contribution is 0.169. The van der Waals surface area contributed by atoms with Crippen molar-refractivity contribution in [3.05, 3.63) is 24.5 Å². The third kappa shape index (κ3) is 3.84. The number of pyridine rings is 1. The molecule has 2 aliphatic heterocycles. The van der Waals surface area contributed by atoms with E-state index in [2.05, 4.69) is 22.1 Å². The van der Waals surface area contributed by atoms with E-state index in [1.54, 1.807) is 12.4 Å². The standard InChI is InChI=1S/C15H23N3O.ClH/c1-15(5-8-17-11-15)12-18-9-4-14(10-18)19-13-2-6-16-7-3-13;/h2-3,6-7,14,17H,4-5,8-12H2,1H3;1H. The summed E-state index contributed by atoms with van der Waals surface area (Å²) < 4.78 is 6.01. The molecule has 1 N–H and O–H groups in total. The van der Waals surface area contributed by atoms with Crippen molar-refractivity contribution in [2.45, 2.75) is 25.9 Å². The minimum absolute atomic E-state index is 0. The molecule has 0 saturated carbocycles. The van der Waals surface area contributed by atoms with Crippen LogP contribution < -0.4 is 10.1 Å². The quantitative estimate of drug-likeness (QED) is 0.922. The van der Waals surface area contributed by atoms with Crippen molar-refractivity contribution in [3.8, 4) is 5.75 Å². The van der Waals surface area contributed by atoms with Crippen molar-refractivity contribution >= 4 is 12.4 Å². The molecule has 2 saturated heterocycles. The molecule has 1 aromatic rings. The van der Waals surface area contributed by atoms with Crippen LogP contribution in [0, 0.1) is 5.41 Å². The highest BCUT2D eigenvalue weighted by Gasteiger charge is 2.33. The summed E-state index contributed by atoms with van der Waals surface area (Å²) >= 11 is 0. The van der Waals surface area contributed by atoms with Gasteiger partial charge in [0.05, 0.1) is 0 Å². The molecule has 5 heteroatoms. The number of nitrogens with zero attached hydrogens (tertiary/aromatic N) is 2. The zero-order chi connectivity index (χ0) is 13.1. The smallest absolute Gasteiger partial charge is 0.122 e.